The Hall–Kier alpha value is -2.67. The van der Waals surface area contributed by atoms with E-state index < -0.39 is 10.8 Å². The van der Waals surface area contributed by atoms with Crippen LogP contribution >= 0.6 is 11.6 Å². The van der Waals surface area contributed by atoms with Crippen molar-refractivity contribution in [1.29, 1.82) is 0 Å². The van der Waals surface area contributed by atoms with Crippen molar-refractivity contribution in [2.75, 3.05) is 11.9 Å². The molecule has 114 valence electrons. The molecule has 7 nitrogen and oxygen atoms in total. The van der Waals surface area contributed by atoms with E-state index in [0.29, 0.717) is 16.3 Å². The fourth-order valence-corrected chi connectivity index (χ4v) is 1.76. The molecule has 0 bridgehead atoms. The van der Waals surface area contributed by atoms with Crippen LogP contribution in [-0.4, -0.2) is 22.4 Å². The van der Waals surface area contributed by atoms with Crippen LogP contribution in [0.5, 0.6) is 5.75 Å². The number of benzene rings is 1. The van der Waals surface area contributed by atoms with Crippen LogP contribution in [0.15, 0.2) is 36.5 Å². The number of anilines is 1. The molecule has 0 unspecified atom stereocenters. The van der Waals surface area contributed by atoms with Crippen molar-refractivity contribution in [1.82, 2.24) is 4.98 Å². The van der Waals surface area contributed by atoms with Crippen LogP contribution in [0.4, 0.5) is 11.5 Å². The van der Waals surface area contributed by atoms with Crippen molar-refractivity contribution >= 4 is 29.0 Å². The highest BCUT2D eigenvalue weighted by molar-refractivity contribution is 6.30. The lowest BCUT2D eigenvalue weighted by Gasteiger charge is -2.08. The SMILES string of the molecule is Cc1cc([N+](=O)[O-])cnc1NC(=O)COc1ccc(Cl)cc1. The number of hydrogen-bond donors (Lipinski definition) is 1. The summed E-state index contributed by atoms with van der Waals surface area (Å²) in [4.78, 5) is 25.7. The molecule has 8 heteroatoms. The number of pyridine rings is 1. The Kier molecular flexibility index (Phi) is 4.90. The van der Waals surface area contributed by atoms with Crippen molar-refractivity contribution < 1.29 is 14.5 Å². The molecule has 0 radical (unpaired) electrons. The fourth-order valence-electron chi connectivity index (χ4n) is 1.64. The maximum absolute atomic E-state index is 11.8. The summed E-state index contributed by atoms with van der Waals surface area (Å²) in [6, 6.07) is 7.92. The van der Waals surface area contributed by atoms with Crippen molar-refractivity contribution in [2.24, 2.45) is 0 Å². The third-order valence-electron chi connectivity index (χ3n) is 2.72. The number of carbonyl (C=O) groups excluding carboxylic acids is 1. The molecule has 1 aromatic carbocycles. The number of ether oxygens (including phenoxy) is 1. The lowest BCUT2D eigenvalue weighted by molar-refractivity contribution is -0.385. The van der Waals surface area contributed by atoms with E-state index in [9.17, 15) is 14.9 Å². The second-order valence-electron chi connectivity index (χ2n) is 4.41. The van der Waals surface area contributed by atoms with Gasteiger partial charge in [0, 0.05) is 11.1 Å². The maximum atomic E-state index is 11.8. The molecular formula is C14H12ClN3O4. The molecule has 0 saturated carbocycles. The van der Waals surface area contributed by atoms with Crippen LogP contribution in [0, 0.1) is 17.0 Å². The molecule has 0 atom stereocenters. The first-order valence-corrected chi connectivity index (χ1v) is 6.63. The number of nitrogens with one attached hydrogen (secondary N) is 1. The Morgan fingerprint density at radius 2 is 2.09 bits per heavy atom. The summed E-state index contributed by atoms with van der Waals surface area (Å²) in [5.74, 6) is 0.350. The highest BCUT2D eigenvalue weighted by Crippen LogP contribution is 2.18. The number of rotatable bonds is 5. The molecule has 0 fully saturated rings. The van der Waals surface area contributed by atoms with E-state index in [1.54, 1.807) is 31.2 Å². The predicted molar refractivity (Wildman–Crippen MR) is 81.2 cm³/mol. The Morgan fingerprint density at radius 3 is 2.68 bits per heavy atom. The van der Waals surface area contributed by atoms with Crippen molar-refractivity contribution in [3.8, 4) is 5.75 Å². The summed E-state index contributed by atoms with van der Waals surface area (Å²) >= 11 is 5.74. The van der Waals surface area contributed by atoms with Gasteiger partial charge >= 0.3 is 0 Å². The zero-order valence-corrected chi connectivity index (χ0v) is 12.3. The molecule has 0 aliphatic heterocycles. The minimum atomic E-state index is -0.546. The van der Waals surface area contributed by atoms with Crippen molar-refractivity contribution in [3.05, 3.63) is 57.2 Å². The molecule has 22 heavy (non-hydrogen) atoms. The van der Waals surface area contributed by atoms with Gasteiger partial charge in [-0.2, -0.15) is 0 Å². The summed E-state index contributed by atoms with van der Waals surface area (Å²) in [6.45, 7) is 1.41. The van der Waals surface area contributed by atoms with Gasteiger partial charge in [0.25, 0.3) is 11.6 Å². The summed E-state index contributed by atoms with van der Waals surface area (Å²) in [5.41, 5.74) is 0.363. The Labute approximate surface area is 131 Å². The largest absolute Gasteiger partial charge is 0.484 e. The molecule has 1 aromatic heterocycles. The third kappa shape index (κ3) is 4.16. The van der Waals surface area contributed by atoms with E-state index in [0.717, 1.165) is 6.20 Å². The van der Waals surface area contributed by atoms with Gasteiger partial charge in [-0.3, -0.25) is 14.9 Å². The van der Waals surface area contributed by atoms with Gasteiger partial charge < -0.3 is 10.1 Å². The van der Waals surface area contributed by atoms with Crippen LogP contribution in [0.1, 0.15) is 5.56 Å². The quantitative estimate of drug-likeness (QED) is 0.674. The van der Waals surface area contributed by atoms with Crippen LogP contribution in [0.2, 0.25) is 5.02 Å². The number of nitrogens with zero attached hydrogens (tertiary/aromatic N) is 2. The smallest absolute Gasteiger partial charge is 0.287 e. The van der Waals surface area contributed by atoms with Gasteiger partial charge in [0.05, 0.1) is 4.92 Å². The second kappa shape index (κ2) is 6.86. The third-order valence-corrected chi connectivity index (χ3v) is 2.97. The van der Waals surface area contributed by atoms with Gasteiger partial charge in [-0.25, -0.2) is 4.98 Å². The van der Waals surface area contributed by atoms with Gasteiger partial charge in [0.15, 0.2) is 6.61 Å². The number of nitro groups is 1. The summed E-state index contributed by atoms with van der Waals surface area (Å²) in [7, 11) is 0. The van der Waals surface area contributed by atoms with E-state index >= 15 is 0 Å². The monoisotopic (exact) mass is 321 g/mol. The van der Waals surface area contributed by atoms with E-state index in [4.69, 9.17) is 16.3 Å². The highest BCUT2D eigenvalue weighted by Gasteiger charge is 2.12. The standard InChI is InChI=1S/C14H12ClN3O4/c1-9-6-11(18(20)21)7-16-14(9)17-13(19)8-22-12-4-2-10(15)3-5-12/h2-7H,8H2,1H3,(H,16,17,19). The Balaban J connectivity index is 1.94. The zero-order chi connectivity index (χ0) is 16.1. The fraction of sp³-hybridized carbons (Fsp3) is 0.143. The predicted octanol–water partition coefficient (Wildman–Crippen LogP) is 2.97. The minimum Gasteiger partial charge on any atom is -0.484 e. The number of aromatic nitrogens is 1. The van der Waals surface area contributed by atoms with Crippen LogP contribution < -0.4 is 10.1 Å². The van der Waals surface area contributed by atoms with Gasteiger partial charge in [-0.15, -0.1) is 0 Å². The van der Waals surface area contributed by atoms with E-state index in [1.165, 1.54) is 6.07 Å². The molecule has 0 aliphatic rings. The number of amides is 1. The van der Waals surface area contributed by atoms with E-state index in [-0.39, 0.29) is 18.1 Å². The summed E-state index contributed by atoms with van der Waals surface area (Å²) in [6.07, 6.45) is 1.09. The zero-order valence-electron chi connectivity index (χ0n) is 11.6. The van der Waals surface area contributed by atoms with Crippen molar-refractivity contribution in [3.63, 3.8) is 0 Å². The normalized spacial score (nSPS) is 10.1. The lowest BCUT2D eigenvalue weighted by atomic mass is 10.2. The average Bonchev–Trinajstić information content (AvgIpc) is 2.48. The Morgan fingerprint density at radius 1 is 1.41 bits per heavy atom. The van der Waals surface area contributed by atoms with Gasteiger partial charge in [0.1, 0.15) is 17.8 Å². The Bertz CT molecular complexity index is 704. The molecular weight excluding hydrogens is 310 g/mol. The number of carbonyl (C=O) groups is 1. The van der Waals surface area contributed by atoms with Crippen LogP contribution in [-0.2, 0) is 4.79 Å². The first-order valence-electron chi connectivity index (χ1n) is 6.25. The number of hydrogen-bond acceptors (Lipinski definition) is 5. The van der Waals surface area contributed by atoms with Crippen molar-refractivity contribution in [2.45, 2.75) is 6.92 Å². The van der Waals surface area contributed by atoms with Gasteiger partial charge in [-0.1, -0.05) is 11.6 Å². The molecule has 2 rings (SSSR count). The van der Waals surface area contributed by atoms with Gasteiger partial charge in [0.2, 0.25) is 0 Å². The minimum absolute atomic E-state index is 0.132. The molecule has 1 amide bonds. The highest BCUT2D eigenvalue weighted by atomic mass is 35.5. The second-order valence-corrected chi connectivity index (χ2v) is 4.84. The van der Waals surface area contributed by atoms with E-state index in [1.807, 2.05) is 0 Å². The van der Waals surface area contributed by atoms with Crippen LogP contribution in [0.3, 0.4) is 0 Å². The van der Waals surface area contributed by atoms with Crippen LogP contribution in [0.25, 0.3) is 0 Å². The first-order chi connectivity index (χ1) is 10.5. The van der Waals surface area contributed by atoms with E-state index in [2.05, 4.69) is 10.3 Å². The molecule has 2 aromatic rings. The lowest BCUT2D eigenvalue weighted by Crippen LogP contribution is -2.21. The topological polar surface area (TPSA) is 94.4 Å². The molecule has 1 N–H and O–H groups in total. The summed E-state index contributed by atoms with van der Waals surface area (Å²) < 4.78 is 5.29. The number of halogens is 1. The average molecular weight is 322 g/mol. The first kappa shape index (κ1) is 15.7. The molecule has 0 spiro atoms. The molecule has 0 aliphatic carbocycles. The molecule has 1 heterocycles. The molecule has 0 saturated heterocycles. The maximum Gasteiger partial charge on any atom is 0.287 e. The number of aryl methyl sites for hydroxylation is 1. The summed E-state index contributed by atoms with van der Waals surface area (Å²) in [5, 5.41) is 13.7. The van der Waals surface area contributed by atoms with Gasteiger partial charge in [-0.05, 0) is 36.8 Å².